The average molecular weight is 278 g/mol. The zero-order valence-corrected chi connectivity index (χ0v) is 12.3. The largest absolute Gasteiger partial charge is 0.458 e. The minimum Gasteiger partial charge on any atom is -0.458 e. The number of rotatable bonds is 3. The number of fused-ring (bicyclic) bond motifs is 1. The molecule has 110 valence electrons. The second kappa shape index (κ2) is 4.88. The van der Waals surface area contributed by atoms with Gasteiger partial charge in [-0.1, -0.05) is 13.8 Å². The van der Waals surface area contributed by atoms with Crippen LogP contribution in [0.15, 0.2) is 12.4 Å². The minimum absolute atomic E-state index is 0.0507. The van der Waals surface area contributed by atoms with Crippen molar-refractivity contribution in [3.05, 3.63) is 18.0 Å². The van der Waals surface area contributed by atoms with E-state index in [1.807, 2.05) is 6.92 Å². The van der Waals surface area contributed by atoms with Crippen LogP contribution in [0.25, 0.3) is 0 Å². The molecule has 1 aromatic rings. The number of hydrogen-bond donors (Lipinski definition) is 0. The predicted molar refractivity (Wildman–Crippen MR) is 73.3 cm³/mol. The van der Waals surface area contributed by atoms with Crippen LogP contribution >= 0.6 is 0 Å². The SMILES string of the molecule is CCn1cc(C(=O)O[C@@H]2[C@H]3CCCO[C@H]3C2(C)C)cn1. The molecule has 0 unspecified atom stereocenters. The van der Waals surface area contributed by atoms with Gasteiger partial charge in [0, 0.05) is 30.7 Å². The van der Waals surface area contributed by atoms with Gasteiger partial charge in [-0.05, 0) is 19.8 Å². The van der Waals surface area contributed by atoms with Crippen LogP contribution in [0.4, 0.5) is 0 Å². The number of carbonyl (C=O) groups is 1. The lowest BCUT2D eigenvalue weighted by Crippen LogP contribution is -2.65. The molecule has 5 heteroatoms. The Hall–Kier alpha value is -1.36. The molecule has 0 N–H and O–H groups in total. The molecule has 0 bridgehead atoms. The van der Waals surface area contributed by atoms with Gasteiger partial charge < -0.3 is 9.47 Å². The quantitative estimate of drug-likeness (QED) is 0.796. The summed E-state index contributed by atoms with van der Waals surface area (Å²) in [5.74, 6) is 0.0794. The molecule has 5 nitrogen and oxygen atoms in total. The molecule has 1 aromatic heterocycles. The standard InChI is InChI=1S/C15H22N2O3/c1-4-17-9-10(8-16-17)14(18)20-13-11-6-5-7-19-12(11)15(13,2)3/h8-9,11-13H,4-7H2,1-3H3/t11-,12+,13+/m0/s1. The van der Waals surface area contributed by atoms with Crippen molar-refractivity contribution < 1.29 is 14.3 Å². The molecule has 1 aliphatic carbocycles. The minimum atomic E-state index is -0.271. The maximum atomic E-state index is 12.2. The van der Waals surface area contributed by atoms with Crippen molar-refractivity contribution in [3.63, 3.8) is 0 Å². The summed E-state index contributed by atoms with van der Waals surface area (Å²) in [7, 11) is 0. The number of nitrogens with zero attached hydrogens (tertiary/aromatic N) is 2. The van der Waals surface area contributed by atoms with Gasteiger partial charge in [0.15, 0.2) is 0 Å². The van der Waals surface area contributed by atoms with Gasteiger partial charge >= 0.3 is 5.97 Å². The third kappa shape index (κ3) is 2.04. The number of aromatic nitrogens is 2. The first-order chi connectivity index (χ1) is 9.54. The van der Waals surface area contributed by atoms with E-state index in [-0.39, 0.29) is 23.6 Å². The summed E-state index contributed by atoms with van der Waals surface area (Å²) in [6, 6.07) is 0. The molecule has 2 fully saturated rings. The Morgan fingerprint density at radius 1 is 1.60 bits per heavy atom. The summed E-state index contributed by atoms with van der Waals surface area (Å²) in [5.41, 5.74) is 0.435. The molecule has 3 atom stereocenters. The van der Waals surface area contributed by atoms with Crippen LogP contribution in [-0.2, 0) is 16.0 Å². The molecule has 1 saturated heterocycles. The van der Waals surface area contributed by atoms with Gasteiger partial charge in [0.2, 0.25) is 0 Å². The molecule has 1 aliphatic heterocycles. The van der Waals surface area contributed by atoms with Crippen molar-refractivity contribution >= 4 is 5.97 Å². The lowest BCUT2D eigenvalue weighted by Gasteiger charge is -2.58. The van der Waals surface area contributed by atoms with Crippen LogP contribution in [0.1, 0.15) is 44.0 Å². The number of esters is 1. The van der Waals surface area contributed by atoms with Crippen LogP contribution in [0, 0.1) is 11.3 Å². The molecule has 3 rings (SSSR count). The van der Waals surface area contributed by atoms with Gasteiger partial charge in [0.25, 0.3) is 0 Å². The lowest BCUT2D eigenvalue weighted by atomic mass is 9.57. The fourth-order valence-corrected chi connectivity index (χ4v) is 3.54. The van der Waals surface area contributed by atoms with Gasteiger partial charge in [-0.15, -0.1) is 0 Å². The molecule has 0 aromatic carbocycles. The third-order valence-electron chi connectivity index (χ3n) is 4.65. The molecule has 2 aliphatic rings. The monoisotopic (exact) mass is 278 g/mol. The Balaban J connectivity index is 1.69. The van der Waals surface area contributed by atoms with Crippen LogP contribution in [0.2, 0.25) is 0 Å². The van der Waals surface area contributed by atoms with Crippen molar-refractivity contribution in [2.24, 2.45) is 11.3 Å². The fourth-order valence-electron chi connectivity index (χ4n) is 3.54. The molecular formula is C15H22N2O3. The highest BCUT2D eigenvalue weighted by atomic mass is 16.6. The van der Waals surface area contributed by atoms with E-state index in [0.717, 1.165) is 26.0 Å². The topological polar surface area (TPSA) is 53.4 Å². The molecular weight excluding hydrogens is 256 g/mol. The Labute approximate surface area is 119 Å². The Morgan fingerprint density at radius 3 is 3.10 bits per heavy atom. The molecule has 20 heavy (non-hydrogen) atoms. The van der Waals surface area contributed by atoms with Gasteiger partial charge in [0.1, 0.15) is 6.10 Å². The van der Waals surface area contributed by atoms with E-state index in [1.54, 1.807) is 17.1 Å². The molecule has 0 amide bonds. The van der Waals surface area contributed by atoms with E-state index >= 15 is 0 Å². The first-order valence-electron chi connectivity index (χ1n) is 7.39. The highest BCUT2D eigenvalue weighted by molar-refractivity contribution is 5.89. The predicted octanol–water partition coefficient (Wildman–Crippen LogP) is 2.26. The highest BCUT2D eigenvalue weighted by Gasteiger charge is 2.60. The number of hydrogen-bond acceptors (Lipinski definition) is 4. The van der Waals surface area contributed by atoms with Crippen LogP contribution < -0.4 is 0 Å². The number of aryl methyl sites for hydroxylation is 1. The van der Waals surface area contributed by atoms with E-state index in [4.69, 9.17) is 9.47 Å². The summed E-state index contributed by atoms with van der Waals surface area (Å²) >= 11 is 0. The second-order valence-corrected chi connectivity index (χ2v) is 6.33. The summed E-state index contributed by atoms with van der Waals surface area (Å²) in [6.07, 6.45) is 5.63. The third-order valence-corrected chi connectivity index (χ3v) is 4.65. The maximum Gasteiger partial charge on any atom is 0.341 e. The van der Waals surface area contributed by atoms with E-state index < -0.39 is 0 Å². The summed E-state index contributed by atoms with van der Waals surface area (Å²) in [5, 5.41) is 4.12. The summed E-state index contributed by atoms with van der Waals surface area (Å²) in [4.78, 5) is 12.2. The van der Waals surface area contributed by atoms with Crippen LogP contribution in [0.3, 0.4) is 0 Å². The van der Waals surface area contributed by atoms with E-state index in [1.165, 1.54) is 0 Å². The van der Waals surface area contributed by atoms with E-state index in [2.05, 4.69) is 18.9 Å². The van der Waals surface area contributed by atoms with Crippen molar-refractivity contribution in [2.45, 2.75) is 52.4 Å². The highest BCUT2D eigenvalue weighted by Crippen LogP contribution is 2.53. The summed E-state index contributed by atoms with van der Waals surface area (Å²) < 4.78 is 13.3. The Morgan fingerprint density at radius 2 is 2.40 bits per heavy atom. The Kier molecular flexibility index (Phi) is 3.32. The van der Waals surface area contributed by atoms with Crippen molar-refractivity contribution in [1.82, 2.24) is 9.78 Å². The van der Waals surface area contributed by atoms with E-state index in [9.17, 15) is 4.79 Å². The molecule has 0 spiro atoms. The van der Waals surface area contributed by atoms with Crippen molar-refractivity contribution in [3.8, 4) is 0 Å². The summed E-state index contributed by atoms with van der Waals surface area (Å²) in [6.45, 7) is 7.80. The van der Waals surface area contributed by atoms with Gasteiger partial charge in [-0.25, -0.2) is 4.79 Å². The van der Waals surface area contributed by atoms with Crippen LogP contribution in [-0.4, -0.2) is 34.6 Å². The zero-order valence-electron chi connectivity index (χ0n) is 12.3. The maximum absolute atomic E-state index is 12.2. The van der Waals surface area contributed by atoms with E-state index in [0.29, 0.717) is 11.5 Å². The van der Waals surface area contributed by atoms with Gasteiger partial charge in [0.05, 0.1) is 17.9 Å². The van der Waals surface area contributed by atoms with Crippen molar-refractivity contribution in [1.29, 1.82) is 0 Å². The first kappa shape index (κ1) is 13.6. The Bertz CT molecular complexity index is 509. The van der Waals surface area contributed by atoms with Gasteiger partial charge in [-0.3, -0.25) is 4.68 Å². The molecule has 1 saturated carbocycles. The molecule has 2 heterocycles. The molecule has 0 radical (unpaired) electrons. The zero-order chi connectivity index (χ0) is 14.3. The number of ether oxygens (including phenoxy) is 2. The van der Waals surface area contributed by atoms with Crippen molar-refractivity contribution in [2.75, 3.05) is 6.61 Å². The first-order valence-corrected chi connectivity index (χ1v) is 7.39. The average Bonchev–Trinajstić information content (AvgIpc) is 2.93. The fraction of sp³-hybridized carbons (Fsp3) is 0.733. The second-order valence-electron chi connectivity index (χ2n) is 6.33. The lowest BCUT2D eigenvalue weighted by molar-refractivity contribution is -0.243. The van der Waals surface area contributed by atoms with Gasteiger partial charge in [-0.2, -0.15) is 5.10 Å². The number of carbonyl (C=O) groups excluding carboxylic acids is 1. The van der Waals surface area contributed by atoms with Crippen LogP contribution in [0.5, 0.6) is 0 Å². The normalized spacial score (nSPS) is 31.2. The smallest absolute Gasteiger partial charge is 0.341 e.